The number of hydrogen-bond donors (Lipinski definition) is 0. The van der Waals surface area contributed by atoms with Gasteiger partial charge in [0.15, 0.2) is 14.3 Å². The van der Waals surface area contributed by atoms with Gasteiger partial charge in [0.1, 0.15) is 0 Å². The first-order chi connectivity index (χ1) is 29.1. The lowest BCUT2D eigenvalue weighted by atomic mass is 9.61. The van der Waals surface area contributed by atoms with Crippen LogP contribution in [-0.2, 0) is 15.6 Å². The first-order valence-electron chi connectivity index (χ1n) is 20.6. The van der Waals surface area contributed by atoms with Gasteiger partial charge in [-0.3, -0.25) is 0 Å². The number of fused-ring (bicyclic) bond motifs is 2. The number of allylic oxidation sites excluding steroid dienone is 2. The molecule has 284 valence electrons. The third kappa shape index (κ3) is 5.47. The third-order valence-corrected chi connectivity index (χ3v) is 19.9. The topological polar surface area (TPSA) is 34.1 Å². The lowest BCUT2D eigenvalue weighted by Gasteiger charge is -2.51. The Bertz CT molecular complexity index is 2810. The second-order valence-electron chi connectivity index (χ2n) is 16.1. The average Bonchev–Trinajstić information content (AvgIpc) is 3.32. The van der Waals surface area contributed by atoms with E-state index in [2.05, 4.69) is 121 Å². The Balaban J connectivity index is 1.38. The molecule has 0 amide bonds. The molecule has 0 spiro atoms. The van der Waals surface area contributed by atoms with Gasteiger partial charge in [0, 0.05) is 44.3 Å². The molecule has 0 aliphatic heterocycles. The molecule has 0 fully saturated rings. The summed E-state index contributed by atoms with van der Waals surface area (Å²) in [4.78, 5) is 0. The van der Waals surface area contributed by atoms with Crippen LogP contribution in [0.25, 0.3) is 0 Å². The van der Waals surface area contributed by atoms with Crippen LogP contribution in [0, 0.1) is 0 Å². The van der Waals surface area contributed by atoms with E-state index in [0.717, 1.165) is 38.5 Å². The van der Waals surface area contributed by atoms with Crippen molar-refractivity contribution in [2.75, 3.05) is 0 Å². The van der Waals surface area contributed by atoms with Crippen LogP contribution in [0.15, 0.2) is 229 Å². The van der Waals surface area contributed by atoms with Crippen molar-refractivity contribution in [3.63, 3.8) is 0 Å². The molecule has 0 N–H and O–H groups in total. The largest absolute Gasteiger partial charge is 0.313 e. The highest BCUT2D eigenvalue weighted by atomic mass is 31.2. The second kappa shape index (κ2) is 14.4. The normalized spacial score (nSPS) is 17.4. The summed E-state index contributed by atoms with van der Waals surface area (Å²) in [5, 5.41) is 4.11. The van der Waals surface area contributed by atoms with Gasteiger partial charge in [-0.15, -0.1) is 0 Å². The Labute approximate surface area is 346 Å². The molecule has 59 heavy (non-hydrogen) atoms. The lowest BCUT2D eigenvalue weighted by Crippen LogP contribution is -2.41. The van der Waals surface area contributed by atoms with E-state index in [0.29, 0.717) is 0 Å². The molecular formula is C55H42O2P2. The van der Waals surface area contributed by atoms with Gasteiger partial charge in [-0.2, -0.15) is 0 Å². The highest BCUT2D eigenvalue weighted by molar-refractivity contribution is 7.83. The van der Waals surface area contributed by atoms with E-state index in [1.54, 1.807) is 0 Å². The van der Waals surface area contributed by atoms with Gasteiger partial charge in [0.2, 0.25) is 0 Å². The van der Waals surface area contributed by atoms with Crippen LogP contribution in [0.2, 0.25) is 0 Å². The van der Waals surface area contributed by atoms with Crippen molar-refractivity contribution in [2.45, 2.75) is 29.8 Å². The van der Waals surface area contributed by atoms with Crippen LogP contribution >= 0.6 is 14.3 Å². The van der Waals surface area contributed by atoms with Gasteiger partial charge < -0.3 is 9.13 Å². The van der Waals surface area contributed by atoms with E-state index in [-0.39, 0.29) is 17.8 Å². The minimum absolute atomic E-state index is 0.296. The van der Waals surface area contributed by atoms with Gasteiger partial charge in [0.25, 0.3) is 0 Å². The zero-order chi connectivity index (χ0) is 39.6. The van der Waals surface area contributed by atoms with Crippen molar-refractivity contribution in [2.24, 2.45) is 0 Å². The predicted molar refractivity (Wildman–Crippen MR) is 244 cm³/mol. The number of rotatable bonds is 8. The molecule has 0 radical (unpaired) electrons. The van der Waals surface area contributed by atoms with Crippen LogP contribution in [0.1, 0.15) is 62.3 Å². The molecule has 8 aromatic carbocycles. The Morgan fingerprint density at radius 3 is 1.08 bits per heavy atom. The van der Waals surface area contributed by atoms with E-state index >= 15 is 9.13 Å². The van der Waals surface area contributed by atoms with E-state index in [9.17, 15) is 0 Å². The monoisotopic (exact) mass is 796 g/mol. The first-order valence-corrected chi connectivity index (χ1v) is 24.1. The number of benzene rings is 8. The van der Waals surface area contributed by atoms with E-state index in [1.807, 2.05) is 97.1 Å². The highest BCUT2D eigenvalue weighted by Gasteiger charge is 2.57. The minimum atomic E-state index is -3.71. The smallest absolute Gasteiger partial charge is 0.168 e. The highest BCUT2D eigenvalue weighted by Crippen LogP contribution is 2.73. The van der Waals surface area contributed by atoms with Crippen LogP contribution in [0.4, 0.5) is 0 Å². The molecule has 4 heteroatoms. The fourth-order valence-corrected chi connectivity index (χ4v) is 17.8. The van der Waals surface area contributed by atoms with Crippen molar-refractivity contribution in [3.8, 4) is 0 Å². The number of hydrogen-bond acceptors (Lipinski definition) is 2. The summed E-state index contributed by atoms with van der Waals surface area (Å²) in [5.74, 6) is -0.938. The van der Waals surface area contributed by atoms with Gasteiger partial charge in [0.05, 0.1) is 5.66 Å². The zero-order valence-electron chi connectivity index (χ0n) is 32.5. The maximum atomic E-state index is 17.9. The molecule has 12 rings (SSSR count). The molecule has 0 saturated carbocycles. The Hall–Kier alpha value is -6.04. The molecule has 1 atom stereocenters. The summed E-state index contributed by atoms with van der Waals surface area (Å²) in [6.45, 7) is 0. The summed E-state index contributed by atoms with van der Waals surface area (Å²) >= 11 is 0. The lowest BCUT2D eigenvalue weighted by molar-refractivity contribution is 0.565. The molecule has 0 heterocycles. The summed E-state index contributed by atoms with van der Waals surface area (Å²) in [6, 6.07) is 75.8. The standard InChI is InChI=1S/C55H42O2P2/c56-58(40-23-5-1-6-24-40,41-25-7-2-8-26-41)54(51-44-31-15-13-21-38(44)37-39-22-14-16-32-45(39)51)53-50-46-33-17-19-35-48(46)52(49-36-20-18-34-47(49)50)55(53)59(57,42-27-9-3-10-28-42)43-29-11-4-12-30-43/h1-36,50-52,54H,37H2. The second-order valence-corrected chi connectivity index (χ2v) is 21.7. The minimum Gasteiger partial charge on any atom is -0.313 e. The zero-order valence-corrected chi connectivity index (χ0v) is 34.3. The van der Waals surface area contributed by atoms with E-state index < -0.39 is 19.9 Å². The maximum absolute atomic E-state index is 17.9. The Kier molecular flexibility index (Phi) is 8.78. The summed E-state index contributed by atoms with van der Waals surface area (Å²) in [6.07, 6.45) is 0.798. The summed E-state index contributed by atoms with van der Waals surface area (Å²) in [5.41, 5.74) is 10.1. The van der Waals surface area contributed by atoms with Gasteiger partial charge in [-0.1, -0.05) is 218 Å². The van der Waals surface area contributed by atoms with Crippen molar-refractivity contribution in [1.82, 2.24) is 0 Å². The SMILES string of the molecule is O=P(C1=C(C(C2c3ccccc3Cc3ccccc32)P(=O)(c2ccccc2)c2ccccc2)C2c3ccccc3C1c1ccccc12)(c1ccccc1)c1ccccc1. The van der Waals surface area contributed by atoms with Gasteiger partial charge >= 0.3 is 0 Å². The molecule has 1 unspecified atom stereocenters. The average molecular weight is 797 g/mol. The van der Waals surface area contributed by atoms with Crippen molar-refractivity contribution in [3.05, 3.63) is 274 Å². The fraction of sp³-hybridized carbons (Fsp3) is 0.0909. The predicted octanol–water partition coefficient (Wildman–Crippen LogP) is 11.7. The van der Waals surface area contributed by atoms with Crippen molar-refractivity contribution < 1.29 is 9.13 Å². The van der Waals surface area contributed by atoms with E-state index in [4.69, 9.17) is 0 Å². The Morgan fingerprint density at radius 2 is 0.678 bits per heavy atom. The Morgan fingerprint density at radius 1 is 0.356 bits per heavy atom. The molecule has 2 nitrogen and oxygen atoms in total. The van der Waals surface area contributed by atoms with Crippen molar-refractivity contribution in [1.29, 1.82) is 0 Å². The quantitative estimate of drug-likeness (QED) is 0.144. The van der Waals surface area contributed by atoms with Crippen LogP contribution in [-0.4, -0.2) is 5.66 Å². The molecule has 2 bridgehead atoms. The summed E-state index contributed by atoms with van der Waals surface area (Å²) in [7, 11) is -7.38. The maximum Gasteiger partial charge on any atom is 0.168 e. The van der Waals surface area contributed by atoms with Crippen molar-refractivity contribution >= 4 is 35.5 Å². The van der Waals surface area contributed by atoms with Gasteiger partial charge in [-0.25, -0.2) is 0 Å². The molecule has 0 aromatic heterocycles. The molecule has 8 aromatic rings. The molecular weight excluding hydrogens is 755 g/mol. The van der Waals surface area contributed by atoms with Gasteiger partial charge in [-0.05, 0) is 56.5 Å². The third-order valence-electron chi connectivity index (χ3n) is 13.2. The van der Waals surface area contributed by atoms with Crippen LogP contribution in [0.3, 0.4) is 0 Å². The summed E-state index contributed by atoms with van der Waals surface area (Å²) < 4.78 is 35.4. The van der Waals surface area contributed by atoms with Crippen LogP contribution in [0.5, 0.6) is 0 Å². The fourth-order valence-electron chi connectivity index (χ4n) is 10.8. The molecule has 4 aliphatic rings. The van der Waals surface area contributed by atoms with E-state index in [1.165, 1.54) is 44.5 Å². The molecule has 4 aliphatic carbocycles. The first kappa shape index (κ1) is 36.1. The molecule has 0 saturated heterocycles. The van der Waals surface area contributed by atoms with Crippen LogP contribution < -0.4 is 21.2 Å².